The van der Waals surface area contributed by atoms with Gasteiger partial charge >= 0.3 is 0 Å². The summed E-state index contributed by atoms with van der Waals surface area (Å²) < 4.78 is 45.3. The van der Waals surface area contributed by atoms with Crippen LogP contribution < -0.4 is 24.2 Å². The molecule has 3 aromatic rings. The standard InChI is InChI=1S/C26H28N2O6S/c1-4-32-21-11-9-20(10-12-21)28-35(30,31)22-8-6-7-18(14-22)26(29)27-23-16-24-19(13-17(3)34-24)15-25(23)33-5-2/h6-12,14-17,28H,4-5,13H2,1-3H3,(H,27,29). The molecule has 8 nitrogen and oxygen atoms in total. The van der Waals surface area contributed by atoms with Crippen LogP contribution in [0.1, 0.15) is 36.7 Å². The molecule has 0 bridgehead atoms. The molecule has 1 aliphatic heterocycles. The maximum Gasteiger partial charge on any atom is 0.261 e. The van der Waals surface area contributed by atoms with E-state index >= 15 is 0 Å². The van der Waals surface area contributed by atoms with Crippen molar-refractivity contribution in [2.75, 3.05) is 23.3 Å². The van der Waals surface area contributed by atoms with Gasteiger partial charge < -0.3 is 19.5 Å². The van der Waals surface area contributed by atoms with E-state index in [-0.39, 0.29) is 16.6 Å². The van der Waals surface area contributed by atoms with Crippen molar-refractivity contribution < 1.29 is 27.4 Å². The summed E-state index contributed by atoms with van der Waals surface area (Å²) in [6.45, 7) is 6.66. The average Bonchev–Trinajstić information content (AvgIpc) is 3.19. The maximum atomic E-state index is 13.0. The molecule has 0 radical (unpaired) electrons. The number of carbonyl (C=O) groups excluding carboxylic acids is 1. The molecule has 0 fully saturated rings. The summed E-state index contributed by atoms with van der Waals surface area (Å²) >= 11 is 0. The Balaban J connectivity index is 1.54. The van der Waals surface area contributed by atoms with Crippen molar-refractivity contribution in [1.82, 2.24) is 0 Å². The lowest BCUT2D eigenvalue weighted by Gasteiger charge is -2.14. The highest BCUT2D eigenvalue weighted by Crippen LogP contribution is 2.38. The van der Waals surface area contributed by atoms with Crippen LogP contribution in [-0.2, 0) is 16.4 Å². The van der Waals surface area contributed by atoms with Crippen LogP contribution >= 0.6 is 0 Å². The van der Waals surface area contributed by atoms with Gasteiger partial charge in [0.05, 0.1) is 23.8 Å². The summed E-state index contributed by atoms with van der Waals surface area (Å²) in [5.41, 5.74) is 2.06. The fourth-order valence-corrected chi connectivity index (χ4v) is 4.91. The molecule has 184 valence electrons. The minimum absolute atomic E-state index is 0.0322. The Morgan fingerprint density at radius 2 is 1.77 bits per heavy atom. The highest BCUT2D eigenvalue weighted by atomic mass is 32.2. The first-order chi connectivity index (χ1) is 16.8. The molecule has 4 rings (SSSR count). The van der Waals surface area contributed by atoms with E-state index in [1.165, 1.54) is 18.2 Å². The number of amides is 1. The molecule has 0 aliphatic carbocycles. The molecule has 9 heteroatoms. The minimum Gasteiger partial charge on any atom is -0.494 e. The second-order valence-electron chi connectivity index (χ2n) is 8.07. The van der Waals surface area contributed by atoms with E-state index < -0.39 is 15.9 Å². The maximum absolute atomic E-state index is 13.0. The van der Waals surface area contributed by atoms with Crippen LogP contribution in [-0.4, -0.2) is 33.6 Å². The van der Waals surface area contributed by atoms with Gasteiger partial charge in [-0.15, -0.1) is 0 Å². The van der Waals surface area contributed by atoms with Gasteiger partial charge in [0.25, 0.3) is 15.9 Å². The van der Waals surface area contributed by atoms with Gasteiger partial charge in [-0.05, 0) is 69.3 Å². The zero-order valence-corrected chi connectivity index (χ0v) is 20.6. The third-order valence-corrected chi connectivity index (χ3v) is 6.75. The Bertz CT molecular complexity index is 1320. The van der Waals surface area contributed by atoms with Gasteiger partial charge in [-0.3, -0.25) is 9.52 Å². The third-order valence-electron chi connectivity index (χ3n) is 5.37. The molecule has 1 heterocycles. The fourth-order valence-electron chi connectivity index (χ4n) is 3.81. The molecular weight excluding hydrogens is 468 g/mol. The van der Waals surface area contributed by atoms with Crippen molar-refractivity contribution in [1.29, 1.82) is 0 Å². The van der Waals surface area contributed by atoms with Crippen LogP contribution in [0.4, 0.5) is 11.4 Å². The van der Waals surface area contributed by atoms with E-state index in [0.717, 1.165) is 12.0 Å². The van der Waals surface area contributed by atoms with Crippen LogP contribution in [0.15, 0.2) is 65.6 Å². The Kier molecular flexibility index (Phi) is 7.16. The molecule has 0 saturated carbocycles. The number of carbonyl (C=O) groups is 1. The smallest absolute Gasteiger partial charge is 0.261 e. The highest BCUT2D eigenvalue weighted by molar-refractivity contribution is 7.92. The quantitative estimate of drug-likeness (QED) is 0.439. The minimum atomic E-state index is -3.91. The zero-order valence-electron chi connectivity index (χ0n) is 19.8. The van der Waals surface area contributed by atoms with Gasteiger partial charge in [0.2, 0.25) is 0 Å². The van der Waals surface area contributed by atoms with E-state index in [1.54, 1.807) is 36.4 Å². The third kappa shape index (κ3) is 5.68. The Morgan fingerprint density at radius 3 is 2.49 bits per heavy atom. The molecule has 1 atom stereocenters. The summed E-state index contributed by atoms with van der Waals surface area (Å²) in [6.07, 6.45) is 0.820. The average molecular weight is 497 g/mol. The van der Waals surface area contributed by atoms with E-state index in [4.69, 9.17) is 14.2 Å². The van der Waals surface area contributed by atoms with Crippen LogP contribution in [0.3, 0.4) is 0 Å². The van der Waals surface area contributed by atoms with Crippen molar-refractivity contribution in [2.24, 2.45) is 0 Å². The first kappa shape index (κ1) is 24.4. The van der Waals surface area contributed by atoms with Crippen LogP contribution in [0, 0.1) is 0 Å². The Labute approximate surface area is 205 Å². The molecule has 35 heavy (non-hydrogen) atoms. The van der Waals surface area contributed by atoms with Gasteiger partial charge in [0.1, 0.15) is 23.4 Å². The van der Waals surface area contributed by atoms with Crippen molar-refractivity contribution in [3.8, 4) is 17.2 Å². The summed E-state index contributed by atoms with van der Waals surface area (Å²) in [5.74, 6) is 1.42. The summed E-state index contributed by atoms with van der Waals surface area (Å²) in [6, 6.07) is 16.1. The molecule has 2 N–H and O–H groups in total. The number of hydrogen-bond donors (Lipinski definition) is 2. The fraction of sp³-hybridized carbons (Fsp3) is 0.269. The van der Waals surface area contributed by atoms with Gasteiger partial charge in [-0.1, -0.05) is 6.07 Å². The molecule has 0 aromatic heterocycles. The van der Waals surface area contributed by atoms with Crippen LogP contribution in [0.5, 0.6) is 17.2 Å². The number of fused-ring (bicyclic) bond motifs is 1. The lowest BCUT2D eigenvalue weighted by Crippen LogP contribution is -2.16. The van der Waals surface area contributed by atoms with E-state index in [2.05, 4.69) is 10.0 Å². The summed E-state index contributed by atoms with van der Waals surface area (Å²) in [7, 11) is -3.91. The number of sulfonamides is 1. The van der Waals surface area contributed by atoms with Crippen LogP contribution in [0.2, 0.25) is 0 Å². The number of nitrogens with one attached hydrogen (secondary N) is 2. The normalized spacial score (nSPS) is 14.5. The lowest BCUT2D eigenvalue weighted by atomic mass is 10.1. The van der Waals surface area contributed by atoms with E-state index in [9.17, 15) is 13.2 Å². The first-order valence-corrected chi connectivity index (χ1v) is 12.9. The van der Waals surface area contributed by atoms with Crippen molar-refractivity contribution >= 4 is 27.3 Å². The number of hydrogen-bond acceptors (Lipinski definition) is 6. The molecule has 1 aliphatic rings. The predicted molar refractivity (Wildman–Crippen MR) is 134 cm³/mol. The van der Waals surface area contributed by atoms with Gasteiger partial charge in [0.15, 0.2) is 0 Å². The number of anilines is 2. The number of ether oxygens (including phenoxy) is 3. The number of benzene rings is 3. The van der Waals surface area contributed by atoms with Crippen molar-refractivity contribution in [3.05, 3.63) is 71.8 Å². The predicted octanol–water partition coefficient (Wildman–Crippen LogP) is 4.86. The summed E-state index contributed by atoms with van der Waals surface area (Å²) in [5, 5.41) is 2.83. The zero-order chi connectivity index (χ0) is 25.0. The monoisotopic (exact) mass is 496 g/mol. The molecule has 1 amide bonds. The van der Waals surface area contributed by atoms with Crippen molar-refractivity contribution in [2.45, 2.75) is 38.2 Å². The van der Waals surface area contributed by atoms with E-state index in [1.807, 2.05) is 26.8 Å². The van der Waals surface area contributed by atoms with E-state index in [0.29, 0.717) is 41.8 Å². The summed E-state index contributed by atoms with van der Waals surface area (Å²) in [4.78, 5) is 13.0. The first-order valence-electron chi connectivity index (χ1n) is 11.4. The largest absolute Gasteiger partial charge is 0.494 e. The number of rotatable bonds is 9. The Hall–Kier alpha value is -3.72. The Morgan fingerprint density at radius 1 is 1.03 bits per heavy atom. The molecule has 0 saturated heterocycles. The SMILES string of the molecule is CCOc1ccc(NS(=O)(=O)c2cccc(C(=O)Nc3cc4c(cc3OCC)CC(C)O4)c2)cc1. The lowest BCUT2D eigenvalue weighted by molar-refractivity contribution is 0.102. The van der Waals surface area contributed by atoms with Crippen molar-refractivity contribution in [3.63, 3.8) is 0 Å². The second-order valence-corrected chi connectivity index (χ2v) is 9.75. The van der Waals surface area contributed by atoms with Crippen LogP contribution in [0.25, 0.3) is 0 Å². The topological polar surface area (TPSA) is 103 Å². The molecular formula is C26H28N2O6S. The molecule has 1 unspecified atom stereocenters. The van der Waals surface area contributed by atoms with Gasteiger partial charge in [-0.25, -0.2) is 8.42 Å². The van der Waals surface area contributed by atoms with Gasteiger partial charge in [0, 0.05) is 29.3 Å². The second kappa shape index (κ2) is 10.3. The molecule has 0 spiro atoms. The molecule has 3 aromatic carbocycles. The highest BCUT2D eigenvalue weighted by Gasteiger charge is 2.23. The van der Waals surface area contributed by atoms with Gasteiger partial charge in [-0.2, -0.15) is 0 Å².